The standard InChI is InChI=1S/C17H24FNO2/c1-3-6-17(16(20)21)7-9-19(10-8-17)12-14-4-5-15(18)11-13(14)2/h4-5,11H,3,6-10,12H2,1-2H3,(H,20,21). The first kappa shape index (κ1) is 16.0. The van der Waals surface area contributed by atoms with E-state index in [1.54, 1.807) is 6.07 Å². The molecule has 1 saturated heterocycles. The van der Waals surface area contributed by atoms with Gasteiger partial charge in [0.2, 0.25) is 0 Å². The molecule has 0 aliphatic carbocycles. The molecule has 0 radical (unpaired) electrons. The highest BCUT2D eigenvalue weighted by atomic mass is 19.1. The van der Waals surface area contributed by atoms with Crippen LogP contribution in [0.5, 0.6) is 0 Å². The molecule has 4 heteroatoms. The first-order valence-corrected chi connectivity index (χ1v) is 7.67. The average Bonchev–Trinajstić information content (AvgIpc) is 2.44. The number of aliphatic carboxylic acids is 1. The summed E-state index contributed by atoms with van der Waals surface area (Å²) in [5.74, 6) is -0.857. The zero-order valence-corrected chi connectivity index (χ0v) is 12.9. The number of hydrogen-bond acceptors (Lipinski definition) is 2. The fourth-order valence-corrected chi connectivity index (χ4v) is 3.27. The minimum absolute atomic E-state index is 0.206. The van der Waals surface area contributed by atoms with Gasteiger partial charge < -0.3 is 5.11 Å². The van der Waals surface area contributed by atoms with E-state index in [0.717, 1.165) is 43.6 Å². The second kappa shape index (κ2) is 6.56. The zero-order valence-electron chi connectivity index (χ0n) is 12.9. The lowest BCUT2D eigenvalue weighted by Gasteiger charge is -2.39. The number of nitrogens with zero attached hydrogens (tertiary/aromatic N) is 1. The Morgan fingerprint density at radius 2 is 2.05 bits per heavy atom. The van der Waals surface area contributed by atoms with Gasteiger partial charge in [-0.3, -0.25) is 9.69 Å². The van der Waals surface area contributed by atoms with Crippen LogP contribution in [0.2, 0.25) is 0 Å². The summed E-state index contributed by atoms with van der Waals surface area (Å²) in [7, 11) is 0. The van der Waals surface area contributed by atoms with E-state index < -0.39 is 11.4 Å². The quantitative estimate of drug-likeness (QED) is 0.901. The molecule has 0 unspecified atom stereocenters. The second-order valence-electron chi connectivity index (χ2n) is 6.18. The number of piperidine rings is 1. The monoisotopic (exact) mass is 293 g/mol. The summed E-state index contributed by atoms with van der Waals surface area (Å²) in [5, 5.41) is 9.51. The Balaban J connectivity index is 1.99. The van der Waals surface area contributed by atoms with Crippen LogP contribution < -0.4 is 0 Å². The van der Waals surface area contributed by atoms with Crippen molar-refractivity contribution in [2.24, 2.45) is 5.41 Å². The molecule has 0 bridgehead atoms. The summed E-state index contributed by atoms with van der Waals surface area (Å²) in [6.45, 7) is 6.32. The van der Waals surface area contributed by atoms with Crippen LogP contribution in [0, 0.1) is 18.2 Å². The van der Waals surface area contributed by atoms with Gasteiger partial charge in [-0.25, -0.2) is 4.39 Å². The molecule has 116 valence electrons. The van der Waals surface area contributed by atoms with E-state index in [0.29, 0.717) is 12.8 Å². The van der Waals surface area contributed by atoms with Gasteiger partial charge in [-0.2, -0.15) is 0 Å². The van der Waals surface area contributed by atoms with Gasteiger partial charge in [0.05, 0.1) is 5.41 Å². The fraction of sp³-hybridized carbons (Fsp3) is 0.588. The third-order valence-corrected chi connectivity index (χ3v) is 4.69. The third kappa shape index (κ3) is 3.62. The fourth-order valence-electron chi connectivity index (χ4n) is 3.27. The van der Waals surface area contributed by atoms with E-state index in [1.807, 2.05) is 19.9 Å². The van der Waals surface area contributed by atoms with Crippen LogP contribution in [0.25, 0.3) is 0 Å². The molecule has 2 rings (SSSR count). The molecule has 0 amide bonds. The van der Waals surface area contributed by atoms with Gasteiger partial charge in [-0.1, -0.05) is 19.4 Å². The van der Waals surface area contributed by atoms with E-state index in [2.05, 4.69) is 4.90 Å². The Labute approximate surface area is 125 Å². The summed E-state index contributed by atoms with van der Waals surface area (Å²) in [6.07, 6.45) is 3.07. The minimum Gasteiger partial charge on any atom is -0.481 e. The van der Waals surface area contributed by atoms with E-state index in [9.17, 15) is 14.3 Å². The van der Waals surface area contributed by atoms with E-state index in [-0.39, 0.29) is 5.82 Å². The average molecular weight is 293 g/mol. The van der Waals surface area contributed by atoms with Crippen LogP contribution in [0.15, 0.2) is 18.2 Å². The molecule has 1 aliphatic rings. The predicted molar refractivity (Wildman–Crippen MR) is 80.6 cm³/mol. The highest BCUT2D eigenvalue weighted by molar-refractivity contribution is 5.74. The van der Waals surface area contributed by atoms with Crippen molar-refractivity contribution in [2.75, 3.05) is 13.1 Å². The zero-order chi connectivity index (χ0) is 15.5. The van der Waals surface area contributed by atoms with Crippen molar-refractivity contribution >= 4 is 5.97 Å². The molecule has 1 aromatic carbocycles. The maximum atomic E-state index is 13.1. The Hall–Kier alpha value is -1.42. The number of benzene rings is 1. The topological polar surface area (TPSA) is 40.5 Å². The summed E-state index contributed by atoms with van der Waals surface area (Å²) in [5.41, 5.74) is 1.54. The molecule has 21 heavy (non-hydrogen) atoms. The van der Waals surface area contributed by atoms with Crippen LogP contribution in [-0.4, -0.2) is 29.1 Å². The molecule has 1 heterocycles. The molecule has 1 aliphatic heterocycles. The SMILES string of the molecule is CCCC1(C(=O)O)CCN(Cc2ccc(F)cc2C)CC1. The third-order valence-electron chi connectivity index (χ3n) is 4.69. The minimum atomic E-state index is -0.651. The molecule has 0 saturated carbocycles. The lowest BCUT2D eigenvalue weighted by Crippen LogP contribution is -2.44. The molecule has 0 spiro atoms. The first-order chi connectivity index (χ1) is 9.97. The molecule has 0 atom stereocenters. The number of rotatable bonds is 5. The molecule has 1 N–H and O–H groups in total. The molecule has 0 aromatic heterocycles. The van der Waals surface area contributed by atoms with Crippen molar-refractivity contribution in [3.05, 3.63) is 35.1 Å². The van der Waals surface area contributed by atoms with Crippen molar-refractivity contribution in [2.45, 2.75) is 46.1 Å². The molecule has 3 nitrogen and oxygen atoms in total. The molecular formula is C17H24FNO2. The first-order valence-electron chi connectivity index (χ1n) is 7.67. The maximum absolute atomic E-state index is 13.1. The number of aryl methyl sites for hydroxylation is 1. The molecule has 1 aromatic rings. The maximum Gasteiger partial charge on any atom is 0.309 e. The van der Waals surface area contributed by atoms with E-state index >= 15 is 0 Å². The number of carboxylic acids is 1. The number of carboxylic acid groups (broad SMARTS) is 1. The normalized spacial score (nSPS) is 18.6. The Bertz CT molecular complexity index is 508. The van der Waals surface area contributed by atoms with Crippen molar-refractivity contribution in [3.63, 3.8) is 0 Å². The van der Waals surface area contributed by atoms with Crippen molar-refractivity contribution in [1.29, 1.82) is 0 Å². The summed E-state index contributed by atoms with van der Waals surface area (Å²) in [6, 6.07) is 4.87. The van der Waals surface area contributed by atoms with Gasteiger partial charge in [-0.05, 0) is 62.5 Å². The summed E-state index contributed by atoms with van der Waals surface area (Å²) < 4.78 is 13.1. The summed E-state index contributed by atoms with van der Waals surface area (Å²) >= 11 is 0. The molecular weight excluding hydrogens is 269 g/mol. The van der Waals surface area contributed by atoms with Crippen LogP contribution >= 0.6 is 0 Å². The van der Waals surface area contributed by atoms with Crippen molar-refractivity contribution < 1.29 is 14.3 Å². The lowest BCUT2D eigenvalue weighted by molar-refractivity contribution is -0.152. The van der Waals surface area contributed by atoms with Crippen LogP contribution in [0.1, 0.15) is 43.7 Å². The van der Waals surface area contributed by atoms with E-state index in [4.69, 9.17) is 0 Å². The van der Waals surface area contributed by atoms with E-state index in [1.165, 1.54) is 6.07 Å². The number of likely N-dealkylation sites (tertiary alicyclic amines) is 1. The van der Waals surface area contributed by atoms with Crippen LogP contribution in [0.4, 0.5) is 4.39 Å². The van der Waals surface area contributed by atoms with Gasteiger partial charge in [-0.15, -0.1) is 0 Å². The predicted octanol–water partition coefficient (Wildman–Crippen LogP) is 3.60. The molecule has 1 fully saturated rings. The van der Waals surface area contributed by atoms with Gasteiger partial charge >= 0.3 is 5.97 Å². The smallest absolute Gasteiger partial charge is 0.309 e. The van der Waals surface area contributed by atoms with Gasteiger partial charge in [0.15, 0.2) is 0 Å². The second-order valence-corrected chi connectivity index (χ2v) is 6.18. The van der Waals surface area contributed by atoms with Crippen LogP contribution in [0.3, 0.4) is 0 Å². The van der Waals surface area contributed by atoms with Gasteiger partial charge in [0.1, 0.15) is 5.82 Å². The van der Waals surface area contributed by atoms with Gasteiger partial charge in [0.25, 0.3) is 0 Å². The number of hydrogen-bond donors (Lipinski definition) is 1. The van der Waals surface area contributed by atoms with Crippen molar-refractivity contribution in [1.82, 2.24) is 4.90 Å². The number of carbonyl (C=O) groups is 1. The van der Waals surface area contributed by atoms with Crippen LogP contribution in [-0.2, 0) is 11.3 Å². The Kier molecular flexibility index (Phi) is 4.99. The van der Waals surface area contributed by atoms with Crippen molar-refractivity contribution in [3.8, 4) is 0 Å². The van der Waals surface area contributed by atoms with Gasteiger partial charge in [0, 0.05) is 6.54 Å². The highest BCUT2D eigenvalue weighted by Gasteiger charge is 2.40. The highest BCUT2D eigenvalue weighted by Crippen LogP contribution is 2.37. The number of halogens is 1. The summed E-state index contributed by atoms with van der Waals surface area (Å²) in [4.78, 5) is 13.8. The Morgan fingerprint density at radius 1 is 1.38 bits per heavy atom. The largest absolute Gasteiger partial charge is 0.481 e. The Morgan fingerprint density at radius 3 is 2.57 bits per heavy atom. The lowest BCUT2D eigenvalue weighted by atomic mass is 9.75.